The highest BCUT2D eigenvalue weighted by Crippen LogP contribution is 2.41. The SMILES string of the molecule is Cc1c(C(=O)C(=O)O)cc(Cl)c2c1OCCO2. The number of halogens is 1. The predicted octanol–water partition coefficient (Wildman–Crippen LogP) is 1.69. The molecule has 90 valence electrons. The van der Waals surface area contributed by atoms with Crippen molar-refractivity contribution < 1.29 is 24.2 Å². The van der Waals surface area contributed by atoms with Gasteiger partial charge in [-0.15, -0.1) is 0 Å². The van der Waals surface area contributed by atoms with Gasteiger partial charge in [0.25, 0.3) is 5.78 Å². The number of rotatable bonds is 2. The summed E-state index contributed by atoms with van der Waals surface area (Å²) in [6.07, 6.45) is 0. The third-order valence-corrected chi connectivity index (χ3v) is 2.73. The van der Waals surface area contributed by atoms with Gasteiger partial charge in [0.05, 0.1) is 5.02 Å². The molecule has 0 unspecified atom stereocenters. The van der Waals surface area contributed by atoms with Gasteiger partial charge in [-0.25, -0.2) is 4.79 Å². The van der Waals surface area contributed by atoms with Gasteiger partial charge >= 0.3 is 5.97 Å². The number of fused-ring (bicyclic) bond motifs is 1. The van der Waals surface area contributed by atoms with E-state index in [-0.39, 0.29) is 10.6 Å². The lowest BCUT2D eigenvalue weighted by molar-refractivity contribution is -0.131. The molecule has 1 aromatic rings. The van der Waals surface area contributed by atoms with E-state index in [9.17, 15) is 9.59 Å². The van der Waals surface area contributed by atoms with Crippen LogP contribution in [0.5, 0.6) is 11.5 Å². The Morgan fingerprint density at radius 2 is 1.88 bits per heavy atom. The summed E-state index contributed by atoms with van der Waals surface area (Å²) in [5.74, 6) is -1.84. The van der Waals surface area contributed by atoms with Gasteiger partial charge in [-0.1, -0.05) is 11.6 Å². The molecule has 17 heavy (non-hydrogen) atoms. The molecule has 1 aliphatic heterocycles. The predicted molar refractivity (Wildman–Crippen MR) is 59.1 cm³/mol. The Morgan fingerprint density at radius 1 is 1.29 bits per heavy atom. The summed E-state index contributed by atoms with van der Waals surface area (Å²) in [6.45, 7) is 2.31. The zero-order valence-electron chi connectivity index (χ0n) is 8.95. The van der Waals surface area contributed by atoms with Crippen molar-refractivity contribution in [2.45, 2.75) is 6.92 Å². The molecular formula is C11H9ClO5. The highest BCUT2D eigenvalue weighted by atomic mass is 35.5. The van der Waals surface area contributed by atoms with Crippen LogP contribution in [-0.2, 0) is 4.79 Å². The van der Waals surface area contributed by atoms with Gasteiger partial charge in [0, 0.05) is 11.1 Å². The van der Waals surface area contributed by atoms with Crippen LogP contribution >= 0.6 is 11.6 Å². The number of ketones is 1. The number of ether oxygens (including phenoxy) is 2. The second-order valence-electron chi connectivity index (χ2n) is 3.52. The Kier molecular flexibility index (Phi) is 2.93. The zero-order valence-corrected chi connectivity index (χ0v) is 9.71. The molecule has 1 heterocycles. The Bertz CT molecular complexity index is 509. The molecule has 1 aliphatic rings. The van der Waals surface area contributed by atoms with Crippen molar-refractivity contribution >= 4 is 23.4 Å². The van der Waals surface area contributed by atoms with Crippen LogP contribution in [-0.4, -0.2) is 30.1 Å². The fraction of sp³-hybridized carbons (Fsp3) is 0.273. The standard InChI is InChI=1S/C11H9ClO5/c1-5-6(8(13)11(14)15)4-7(12)10-9(5)16-2-3-17-10/h4H,2-3H2,1H3,(H,14,15). The Balaban J connectivity index is 2.60. The minimum absolute atomic E-state index is 0.0201. The van der Waals surface area contributed by atoms with Gasteiger partial charge in [0.1, 0.15) is 13.2 Å². The summed E-state index contributed by atoms with van der Waals surface area (Å²) in [6, 6.07) is 1.29. The molecule has 5 nitrogen and oxygen atoms in total. The minimum atomic E-state index is -1.53. The second-order valence-corrected chi connectivity index (χ2v) is 3.93. The third-order valence-electron chi connectivity index (χ3n) is 2.45. The minimum Gasteiger partial charge on any atom is -0.486 e. The monoisotopic (exact) mass is 256 g/mol. The van der Waals surface area contributed by atoms with Crippen LogP contribution in [0.25, 0.3) is 0 Å². The van der Waals surface area contributed by atoms with Crippen molar-refractivity contribution in [3.63, 3.8) is 0 Å². The summed E-state index contributed by atoms with van der Waals surface area (Å²) >= 11 is 5.92. The van der Waals surface area contributed by atoms with E-state index in [0.29, 0.717) is 30.3 Å². The van der Waals surface area contributed by atoms with E-state index in [1.165, 1.54) is 6.07 Å². The molecule has 0 aromatic heterocycles. The maximum absolute atomic E-state index is 11.4. The van der Waals surface area contributed by atoms with Gasteiger partial charge < -0.3 is 14.6 Å². The fourth-order valence-electron chi connectivity index (χ4n) is 1.65. The molecule has 0 fully saturated rings. The molecule has 0 radical (unpaired) electrons. The van der Waals surface area contributed by atoms with Crippen molar-refractivity contribution in [2.24, 2.45) is 0 Å². The summed E-state index contributed by atoms with van der Waals surface area (Å²) < 4.78 is 10.7. The van der Waals surface area contributed by atoms with Crippen LogP contribution in [0.15, 0.2) is 6.07 Å². The molecule has 1 N–H and O–H groups in total. The number of carboxylic acid groups (broad SMARTS) is 1. The van der Waals surface area contributed by atoms with Gasteiger partial charge in [0.15, 0.2) is 11.5 Å². The Morgan fingerprint density at radius 3 is 2.47 bits per heavy atom. The van der Waals surface area contributed by atoms with Crippen molar-refractivity contribution in [3.8, 4) is 11.5 Å². The van der Waals surface area contributed by atoms with E-state index in [4.69, 9.17) is 26.2 Å². The van der Waals surface area contributed by atoms with Gasteiger partial charge in [-0.05, 0) is 13.0 Å². The van der Waals surface area contributed by atoms with Crippen LogP contribution < -0.4 is 9.47 Å². The van der Waals surface area contributed by atoms with Crippen molar-refractivity contribution in [1.82, 2.24) is 0 Å². The van der Waals surface area contributed by atoms with Crippen LogP contribution in [0.4, 0.5) is 0 Å². The maximum Gasteiger partial charge on any atom is 0.377 e. The summed E-state index contributed by atoms with van der Waals surface area (Å²) in [4.78, 5) is 22.1. The first-order chi connectivity index (χ1) is 8.02. The quantitative estimate of drug-likeness (QED) is 0.644. The largest absolute Gasteiger partial charge is 0.486 e. The van der Waals surface area contributed by atoms with E-state index in [0.717, 1.165) is 0 Å². The average molecular weight is 257 g/mol. The second kappa shape index (κ2) is 4.25. The Labute approximate surface area is 102 Å². The van der Waals surface area contributed by atoms with E-state index in [2.05, 4.69) is 0 Å². The van der Waals surface area contributed by atoms with E-state index < -0.39 is 11.8 Å². The molecule has 1 aromatic carbocycles. The van der Waals surface area contributed by atoms with Crippen molar-refractivity contribution in [3.05, 3.63) is 22.2 Å². The molecule has 6 heteroatoms. The van der Waals surface area contributed by atoms with E-state index >= 15 is 0 Å². The number of carbonyl (C=O) groups excluding carboxylic acids is 1. The number of benzene rings is 1. The number of carboxylic acids is 1. The molecule has 0 saturated heterocycles. The van der Waals surface area contributed by atoms with E-state index in [1.54, 1.807) is 6.92 Å². The normalized spacial score (nSPS) is 13.3. The molecule has 2 rings (SSSR count). The highest BCUT2D eigenvalue weighted by Gasteiger charge is 2.26. The van der Waals surface area contributed by atoms with Gasteiger partial charge in [0.2, 0.25) is 0 Å². The maximum atomic E-state index is 11.4. The molecule has 0 spiro atoms. The first kappa shape index (κ1) is 11.7. The van der Waals surface area contributed by atoms with Crippen LogP contribution in [0, 0.1) is 6.92 Å². The number of carbonyl (C=O) groups is 2. The van der Waals surface area contributed by atoms with Crippen LogP contribution in [0.3, 0.4) is 0 Å². The fourth-order valence-corrected chi connectivity index (χ4v) is 1.90. The van der Waals surface area contributed by atoms with Gasteiger partial charge in [-0.3, -0.25) is 4.79 Å². The topological polar surface area (TPSA) is 72.8 Å². The number of hydrogen-bond acceptors (Lipinski definition) is 4. The molecule has 0 bridgehead atoms. The lowest BCUT2D eigenvalue weighted by atomic mass is 10.0. The number of Topliss-reactive ketones (excluding diaryl/α,β-unsaturated/α-hetero) is 1. The summed E-state index contributed by atoms with van der Waals surface area (Å²) in [7, 11) is 0. The first-order valence-corrected chi connectivity index (χ1v) is 5.26. The molecular weight excluding hydrogens is 248 g/mol. The van der Waals surface area contributed by atoms with Crippen LogP contribution in [0.1, 0.15) is 15.9 Å². The van der Waals surface area contributed by atoms with Crippen molar-refractivity contribution in [1.29, 1.82) is 0 Å². The molecule has 0 saturated carbocycles. The summed E-state index contributed by atoms with van der Waals surface area (Å²) in [5, 5.41) is 8.87. The molecule has 0 atom stereocenters. The number of aliphatic carboxylic acids is 1. The molecule has 0 amide bonds. The summed E-state index contributed by atoms with van der Waals surface area (Å²) in [5.41, 5.74) is 0.447. The van der Waals surface area contributed by atoms with Crippen molar-refractivity contribution in [2.75, 3.05) is 13.2 Å². The lowest BCUT2D eigenvalue weighted by Gasteiger charge is -2.22. The Hall–Kier alpha value is -1.75. The first-order valence-electron chi connectivity index (χ1n) is 4.88. The third kappa shape index (κ3) is 1.93. The highest BCUT2D eigenvalue weighted by molar-refractivity contribution is 6.41. The molecule has 0 aliphatic carbocycles. The number of hydrogen-bond donors (Lipinski definition) is 1. The van der Waals surface area contributed by atoms with E-state index in [1.807, 2.05) is 0 Å². The smallest absolute Gasteiger partial charge is 0.377 e. The average Bonchev–Trinajstić information content (AvgIpc) is 2.33. The van der Waals surface area contributed by atoms with Gasteiger partial charge in [-0.2, -0.15) is 0 Å². The zero-order chi connectivity index (χ0) is 12.6. The lowest BCUT2D eigenvalue weighted by Crippen LogP contribution is -2.19. The van der Waals surface area contributed by atoms with Crippen LogP contribution in [0.2, 0.25) is 5.02 Å².